The summed E-state index contributed by atoms with van der Waals surface area (Å²) in [4.78, 5) is 12.9. The third-order valence-corrected chi connectivity index (χ3v) is 7.44. The van der Waals surface area contributed by atoms with E-state index in [9.17, 15) is 13.2 Å². The van der Waals surface area contributed by atoms with E-state index in [0.717, 1.165) is 0 Å². The number of carbonyl (C=O) groups excluding carboxylic acids is 1. The first-order chi connectivity index (χ1) is 16.0. The van der Waals surface area contributed by atoms with Gasteiger partial charge in [0, 0.05) is 30.8 Å². The Balaban J connectivity index is 1.35. The Morgan fingerprint density at radius 1 is 0.939 bits per heavy atom. The van der Waals surface area contributed by atoms with E-state index in [1.807, 2.05) is 42.5 Å². The number of piperidine rings is 1. The lowest BCUT2D eigenvalue weighted by Gasteiger charge is -2.30. The average Bonchev–Trinajstić information content (AvgIpc) is 2.85. The summed E-state index contributed by atoms with van der Waals surface area (Å²) in [6, 6.07) is 24.4. The van der Waals surface area contributed by atoms with E-state index in [1.54, 1.807) is 18.2 Å². The molecule has 1 fully saturated rings. The molecule has 33 heavy (non-hydrogen) atoms. The van der Waals surface area contributed by atoms with E-state index in [4.69, 9.17) is 10.00 Å². The number of ether oxygens (including phenoxy) is 1. The Hall–Kier alpha value is -3.67. The molecule has 0 spiro atoms. The second-order valence-corrected chi connectivity index (χ2v) is 9.68. The molecule has 0 unspecified atom stereocenters. The molecule has 1 N–H and O–H groups in total. The van der Waals surface area contributed by atoms with Crippen LogP contribution in [0.2, 0.25) is 0 Å². The van der Waals surface area contributed by atoms with Crippen LogP contribution >= 0.6 is 0 Å². The molecule has 1 saturated heterocycles. The van der Waals surface area contributed by atoms with Gasteiger partial charge >= 0.3 is 0 Å². The van der Waals surface area contributed by atoms with Crippen LogP contribution in [-0.4, -0.2) is 31.7 Å². The van der Waals surface area contributed by atoms with Gasteiger partial charge in [0.2, 0.25) is 15.9 Å². The molecular weight excluding hydrogens is 438 g/mol. The number of anilines is 1. The first-order valence-corrected chi connectivity index (χ1v) is 12.0. The predicted octanol–water partition coefficient (Wildman–Crippen LogP) is 4.39. The van der Waals surface area contributed by atoms with Crippen molar-refractivity contribution in [2.24, 2.45) is 5.92 Å². The van der Waals surface area contributed by atoms with Gasteiger partial charge < -0.3 is 10.1 Å². The quantitative estimate of drug-likeness (QED) is 0.587. The number of hydrogen-bond donors (Lipinski definition) is 1. The fourth-order valence-electron chi connectivity index (χ4n) is 3.72. The highest BCUT2D eigenvalue weighted by atomic mass is 32.2. The zero-order valence-electron chi connectivity index (χ0n) is 17.8. The first kappa shape index (κ1) is 22.5. The molecule has 7 nitrogen and oxygen atoms in total. The summed E-state index contributed by atoms with van der Waals surface area (Å²) in [5.41, 5.74) is 1.03. The third kappa shape index (κ3) is 5.40. The van der Waals surface area contributed by atoms with Crippen molar-refractivity contribution in [2.75, 3.05) is 18.4 Å². The lowest BCUT2D eigenvalue weighted by molar-refractivity contribution is -0.120. The van der Waals surface area contributed by atoms with E-state index in [-0.39, 0.29) is 29.8 Å². The molecule has 0 bridgehead atoms. The van der Waals surface area contributed by atoms with Crippen molar-refractivity contribution in [2.45, 2.75) is 17.7 Å². The fourth-order valence-corrected chi connectivity index (χ4v) is 5.18. The lowest BCUT2D eigenvalue weighted by atomic mass is 9.97. The molecular formula is C25H23N3O4S. The molecule has 0 atom stereocenters. The van der Waals surface area contributed by atoms with Crippen LogP contribution in [0.15, 0.2) is 83.8 Å². The standard InChI is InChI=1S/C25H23N3O4S/c26-18-19-9-11-24(12-10-19)33(30,31)28-15-13-20(14-16-28)25(29)27-21-5-4-8-23(17-21)32-22-6-2-1-3-7-22/h1-12,17,20H,13-16H2,(H,27,29). The van der Waals surface area contributed by atoms with Crippen LogP contribution in [0.25, 0.3) is 0 Å². The van der Waals surface area contributed by atoms with Gasteiger partial charge in [-0.05, 0) is 61.4 Å². The van der Waals surface area contributed by atoms with Gasteiger partial charge in [-0.3, -0.25) is 4.79 Å². The Morgan fingerprint density at radius 3 is 2.27 bits per heavy atom. The molecule has 4 rings (SSSR count). The maximum atomic E-state index is 12.9. The van der Waals surface area contributed by atoms with Crippen molar-refractivity contribution >= 4 is 21.6 Å². The van der Waals surface area contributed by atoms with Crippen LogP contribution in [-0.2, 0) is 14.8 Å². The molecule has 3 aromatic rings. The number of nitriles is 1. The molecule has 0 saturated carbocycles. The van der Waals surface area contributed by atoms with E-state index in [2.05, 4.69) is 5.32 Å². The highest BCUT2D eigenvalue weighted by Gasteiger charge is 2.32. The highest BCUT2D eigenvalue weighted by Crippen LogP contribution is 2.27. The summed E-state index contributed by atoms with van der Waals surface area (Å²) in [5, 5.41) is 11.8. The van der Waals surface area contributed by atoms with Crippen LogP contribution in [0, 0.1) is 17.2 Å². The van der Waals surface area contributed by atoms with Gasteiger partial charge in [-0.15, -0.1) is 0 Å². The summed E-state index contributed by atoms with van der Waals surface area (Å²) in [5.74, 6) is 0.901. The fraction of sp³-hybridized carbons (Fsp3) is 0.200. The minimum absolute atomic E-state index is 0.137. The molecule has 1 heterocycles. The van der Waals surface area contributed by atoms with Crippen molar-refractivity contribution in [1.82, 2.24) is 4.31 Å². The molecule has 0 aromatic heterocycles. The summed E-state index contributed by atoms with van der Waals surface area (Å²) < 4.78 is 32.9. The van der Waals surface area contributed by atoms with Crippen molar-refractivity contribution < 1.29 is 17.9 Å². The number of para-hydroxylation sites is 1. The summed E-state index contributed by atoms with van der Waals surface area (Å²) >= 11 is 0. The van der Waals surface area contributed by atoms with Crippen molar-refractivity contribution in [3.8, 4) is 17.6 Å². The second kappa shape index (κ2) is 9.86. The number of sulfonamides is 1. The number of nitrogens with zero attached hydrogens (tertiary/aromatic N) is 2. The molecule has 168 valence electrons. The average molecular weight is 462 g/mol. The minimum atomic E-state index is -3.65. The van der Waals surface area contributed by atoms with E-state index >= 15 is 0 Å². The van der Waals surface area contributed by atoms with E-state index < -0.39 is 10.0 Å². The maximum Gasteiger partial charge on any atom is 0.243 e. The predicted molar refractivity (Wildman–Crippen MR) is 124 cm³/mol. The Labute approximate surface area is 193 Å². The lowest BCUT2D eigenvalue weighted by Crippen LogP contribution is -2.41. The van der Waals surface area contributed by atoms with Crippen LogP contribution < -0.4 is 10.1 Å². The Bertz CT molecular complexity index is 1260. The van der Waals surface area contributed by atoms with Crippen LogP contribution in [0.4, 0.5) is 5.69 Å². The SMILES string of the molecule is N#Cc1ccc(S(=O)(=O)N2CCC(C(=O)Nc3cccc(Oc4ccccc4)c3)CC2)cc1. The molecule has 1 aliphatic heterocycles. The van der Waals surface area contributed by atoms with Gasteiger partial charge in [0.1, 0.15) is 11.5 Å². The van der Waals surface area contributed by atoms with Gasteiger partial charge in [0.25, 0.3) is 0 Å². The molecule has 8 heteroatoms. The largest absolute Gasteiger partial charge is 0.457 e. The number of rotatable bonds is 6. The third-order valence-electron chi connectivity index (χ3n) is 5.53. The molecule has 0 radical (unpaired) electrons. The smallest absolute Gasteiger partial charge is 0.243 e. The summed E-state index contributed by atoms with van der Waals surface area (Å²) in [7, 11) is -3.65. The number of amides is 1. The van der Waals surface area contributed by atoms with Gasteiger partial charge in [-0.25, -0.2) is 8.42 Å². The zero-order chi connectivity index (χ0) is 23.3. The molecule has 0 aliphatic carbocycles. The van der Waals surface area contributed by atoms with Crippen LogP contribution in [0.3, 0.4) is 0 Å². The van der Waals surface area contributed by atoms with E-state index in [1.165, 1.54) is 28.6 Å². The number of hydrogen-bond acceptors (Lipinski definition) is 5. The topological polar surface area (TPSA) is 99.5 Å². The first-order valence-electron chi connectivity index (χ1n) is 10.6. The monoisotopic (exact) mass is 461 g/mol. The normalized spacial score (nSPS) is 14.9. The highest BCUT2D eigenvalue weighted by molar-refractivity contribution is 7.89. The zero-order valence-corrected chi connectivity index (χ0v) is 18.7. The molecule has 1 aliphatic rings. The molecule has 1 amide bonds. The summed E-state index contributed by atoms with van der Waals surface area (Å²) in [6.45, 7) is 0.523. The maximum absolute atomic E-state index is 12.9. The Morgan fingerprint density at radius 2 is 1.61 bits per heavy atom. The van der Waals surface area contributed by atoms with E-state index in [0.29, 0.717) is 35.6 Å². The number of nitrogens with one attached hydrogen (secondary N) is 1. The van der Waals surface area contributed by atoms with Gasteiger partial charge in [0.15, 0.2) is 0 Å². The van der Waals surface area contributed by atoms with Crippen LogP contribution in [0.5, 0.6) is 11.5 Å². The van der Waals surface area contributed by atoms with Crippen molar-refractivity contribution in [1.29, 1.82) is 5.26 Å². The van der Waals surface area contributed by atoms with Crippen LogP contribution in [0.1, 0.15) is 18.4 Å². The van der Waals surface area contributed by atoms with Gasteiger partial charge in [-0.2, -0.15) is 9.57 Å². The number of benzene rings is 3. The Kier molecular flexibility index (Phi) is 6.73. The molecule has 3 aromatic carbocycles. The second-order valence-electron chi connectivity index (χ2n) is 7.75. The summed E-state index contributed by atoms with van der Waals surface area (Å²) in [6.07, 6.45) is 0.864. The number of carbonyl (C=O) groups is 1. The van der Waals surface area contributed by atoms with Crippen molar-refractivity contribution in [3.63, 3.8) is 0 Å². The minimum Gasteiger partial charge on any atom is -0.457 e. The van der Waals surface area contributed by atoms with Crippen molar-refractivity contribution in [3.05, 3.63) is 84.4 Å². The van der Waals surface area contributed by atoms with Gasteiger partial charge in [-0.1, -0.05) is 24.3 Å². The van der Waals surface area contributed by atoms with Gasteiger partial charge in [0.05, 0.1) is 16.5 Å².